The summed E-state index contributed by atoms with van der Waals surface area (Å²) in [5.41, 5.74) is 0.526. The predicted molar refractivity (Wildman–Crippen MR) is 106 cm³/mol. The van der Waals surface area contributed by atoms with Gasteiger partial charge in [0.05, 0.1) is 19.4 Å². The summed E-state index contributed by atoms with van der Waals surface area (Å²) in [5.74, 6) is 0.210. The molecule has 0 radical (unpaired) electrons. The second-order valence-electron chi connectivity index (χ2n) is 7.17. The lowest BCUT2D eigenvalue weighted by Gasteiger charge is -2.21. The van der Waals surface area contributed by atoms with Crippen molar-refractivity contribution in [2.24, 2.45) is 10.9 Å². The molecule has 1 aliphatic rings. The number of aromatic nitrogens is 1. The number of carbonyl (C=O) groups excluding carboxylic acids is 1. The number of halogens is 3. The van der Waals surface area contributed by atoms with Gasteiger partial charge < -0.3 is 10.1 Å². The Balaban J connectivity index is 2.23. The van der Waals surface area contributed by atoms with E-state index in [2.05, 4.69) is 15.3 Å². The van der Waals surface area contributed by atoms with Crippen LogP contribution in [0.5, 0.6) is 0 Å². The van der Waals surface area contributed by atoms with Gasteiger partial charge in [-0.05, 0) is 43.9 Å². The van der Waals surface area contributed by atoms with E-state index in [1.807, 2.05) is 6.92 Å². The number of pyridine rings is 1. The van der Waals surface area contributed by atoms with Crippen molar-refractivity contribution in [1.29, 1.82) is 0 Å². The maximum absolute atomic E-state index is 13.0. The number of aliphatic imine (C=N–C) groups is 1. The van der Waals surface area contributed by atoms with E-state index in [0.29, 0.717) is 17.7 Å². The van der Waals surface area contributed by atoms with E-state index in [0.717, 1.165) is 49.9 Å². The van der Waals surface area contributed by atoms with E-state index >= 15 is 0 Å². The fourth-order valence-electron chi connectivity index (χ4n) is 3.26. The molecule has 1 aromatic rings. The minimum absolute atomic E-state index is 0.00351. The monoisotopic (exact) mass is 411 g/mol. The van der Waals surface area contributed by atoms with Crippen LogP contribution < -0.4 is 5.32 Å². The van der Waals surface area contributed by atoms with Crippen LogP contribution in [0.4, 0.5) is 13.2 Å². The zero-order valence-electron chi connectivity index (χ0n) is 17.1. The Morgan fingerprint density at radius 1 is 1.31 bits per heavy atom. The number of alkyl halides is 3. The van der Waals surface area contributed by atoms with Crippen LogP contribution in [-0.4, -0.2) is 30.4 Å². The van der Waals surface area contributed by atoms with Crippen molar-refractivity contribution in [1.82, 2.24) is 10.3 Å². The zero-order chi connectivity index (χ0) is 21.4. The zero-order valence-corrected chi connectivity index (χ0v) is 17.1. The molecule has 0 spiro atoms. The number of hydrogen-bond acceptors (Lipinski definition) is 4. The van der Waals surface area contributed by atoms with Gasteiger partial charge in [-0.2, -0.15) is 13.2 Å². The normalized spacial score (nSPS) is 17.0. The smallest absolute Gasteiger partial charge is 0.433 e. The summed E-state index contributed by atoms with van der Waals surface area (Å²) in [6.45, 7) is 3.79. The Morgan fingerprint density at radius 3 is 2.59 bits per heavy atom. The molecule has 0 bridgehead atoms. The predicted octanol–water partition coefficient (Wildman–Crippen LogP) is 4.98. The number of nitrogens with one attached hydrogen (secondary N) is 1. The fraction of sp³-hybridized carbons (Fsp3) is 0.571. The summed E-state index contributed by atoms with van der Waals surface area (Å²) in [7, 11) is 1.43. The van der Waals surface area contributed by atoms with Crippen molar-refractivity contribution in [3.8, 4) is 0 Å². The van der Waals surface area contributed by atoms with E-state index in [1.165, 1.54) is 13.2 Å². The maximum Gasteiger partial charge on any atom is 0.433 e. The first kappa shape index (κ1) is 22.9. The number of methoxy groups -OCH3 is 1. The average molecular weight is 411 g/mol. The molecule has 1 N–H and O–H groups in total. The molecule has 1 fully saturated rings. The van der Waals surface area contributed by atoms with Gasteiger partial charge in [0.15, 0.2) is 0 Å². The Labute approximate surface area is 169 Å². The van der Waals surface area contributed by atoms with Crippen LogP contribution in [0.15, 0.2) is 28.9 Å². The van der Waals surface area contributed by atoms with E-state index in [9.17, 15) is 18.0 Å². The lowest BCUT2D eigenvalue weighted by Crippen LogP contribution is -2.36. The van der Waals surface area contributed by atoms with Crippen LogP contribution in [0, 0.1) is 5.92 Å². The number of amides is 1. The molecule has 0 saturated heterocycles. The van der Waals surface area contributed by atoms with Crippen LogP contribution in [0.2, 0.25) is 0 Å². The average Bonchev–Trinajstić information content (AvgIpc) is 2.73. The van der Waals surface area contributed by atoms with Gasteiger partial charge in [0, 0.05) is 17.7 Å². The lowest BCUT2D eigenvalue weighted by atomic mass is 9.89. The molecule has 0 unspecified atom stereocenters. The Morgan fingerprint density at radius 2 is 2.00 bits per heavy atom. The molecule has 0 aromatic carbocycles. The summed E-state index contributed by atoms with van der Waals surface area (Å²) in [5, 5.41) is 2.84. The summed E-state index contributed by atoms with van der Waals surface area (Å²) >= 11 is 0. The molecule has 160 valence electrons. The standard InChI is InChI=1S/C21H28F3N3O2/c1-4-14(2)19(16-10-11-25-17(12-16)21(22,23)24)27-18(29-3)13-26-20(28)15-8-6-5-7-9-15/h10-12,15H,4-9,13H2,1-3H3,(H,26,28). The van der Waals surface area contributed by atoms with E-state index in [-0.39, 0.29) is 24.3 Å². The van der Waals surface area contributed by atoms with Gasteiger partial charge in [-0.3, -0.25) is 9.78 Å². The van der Waals surface area contributed by atoms with E-state index in [1.54, 1.807) is 6.92 Å². The van der Waals surface area contributed by atoms with Crippen molar-refractivity contribution >= 4 is 17.5 Å². The Kier molecular flexibility index (Phi) is 8.22. The van der Waals surface area contributed by atoms with E-state index in [4.69, 9.17) is 4.74 Å². The molecule has 0 atom stereocenters. The Hall–Kier alpha value is -2.38. The second kappa shape index (κ2) is 10.4. The summed E-state index contributed by atoms with van der Waals surface area (Å²) in [4.78, 5) is 20.2. The SMILES string of the molecule is CCC(C)=C(N=C(CNC(=O)C1CCCCC1)OC)c1ccnc(C(F)(F)F)c1. The number of nitrogens with zero attached hydrogens (tertiary/aromatic N) is 2. The third kappa shape index (κ3) is 6.58. The molecule has 1 heterocycles. The van der Waals surface area contributed by atoms with Gasteiger partial charge in [-0.15, -0.1) is 0 Å². The van der Waals surface area contributed by atoms with Crippen molar-refractivity contribution < 1.29 is 22.7 Å². The minimum atomic E-state index is -4.54. The maximum atomic E-state index is 13.0. The van der Waals surface area contributed by atoms with Gasteiger partial charge in [0.25, 0.3) is 0 Å². The molecule has 2 rings (SSSR count). The van der Waals surface area contributed by atoms with Crippen LogP contribution in [0.3, 0.4) is 0 Å². The quantitative estimate of drug-likeness (QED) is 0.530. The molecule has 29 heavy (non-hydrogen) atoms. The highest BCUT2D eigenvalue weighted by Crippen LogP contribution is 2.31. The number of rotatable bonds is 6. The highest BCUT2D eigenvalue weighted by atomic mass is 19.4. The first-order valence-electron chi connectivity index (χ1n) is 9.88. The van der Waals surface area contributed by atoms with Crippen molar-refractivity contribution in [2.75, 3.05) is 13.7 Å². The van der Waals surface area contributed by atoms with Crippen LogP contribution in [0.1, 0.15) is 63.6 Å². The molecule has 5 nitrogen and oxygen atoms in total. The summed E-state index contributed by atoms with van der Waals surface area (Å²) < 4.78 is 44.4. The van der Waals surface area contributed by atoms with Crippen molar-refractivity contribution in [3.63, 3.8) is 0 Å². The molecule has 1 amide bonds. The number of ether oxygens (including phenoxy) is 1. The largest absolute Gasteiger partial charge is 0.483 e. The molecule has 8 heteroatoms. The minimum Gasteiger partial charge on any atom is -0.483 e. The van der Waals surface area contributed by atoms with Gasteiger partial charge in [-0.25, -0.2) is 4.99 Å². The van der Waals surface area contributed by atoms with Gasteiger partial charge >= 0.3 is 6.18 Å². The molecule has 1 aromatic heterocycles. The summed E-state index contributed by atoms with van der Waals surface area (Å²) in [6.07, 6.45) is 2.20. The molecule has 0 aliphatic heterocycles. The topological polar surface area (TPSA) is 63.6 Å². The second-order valence-corrected chi connectivity index (χ2v) is 7.17. The van der Waals surface area contributed by atoms with Crippen molar-refractivity contribution in [3.05, 3.63) is 35.2 Å². The third-order valence-electron chi connectivity index (χ3n) is 5.12. The lowest BCUT2D eigenvalue weighted by molar-refractivity contribution is -0.141. The molecule has 1 saturated carbocycles. The van der Waals surface area contributed by atoms with Crippen LogP contribution in [0.25, 0.3) is 5.70 Å². The third-order valence-corrected chi connectivity index (χ3v) is 5.12. The number of carbonyl (C=O) groups is 1. The van der Waals surface area contributed by atoms with Crippen LogP contribution in [-0.2, 0) is 15.7 Å². The fourth-order valence-corrected chi connectivity index (χ4v) is 3.26. The molecular weight excluding hydrogens is 383 g/mol. The van der Waals surface area contributed by atoms with E-state index < -0.39 is 11.9 Å². The summed E-state index contributed by atoms with van der Waals surface area (Å²) in [6, 6.07) is 2.47. The highest BCUT2D eigenvalue weighted by molar-refractivity contribution is 5.89. The number of hydrogen-bond donors (Lipinski definition) is 1. The first-order chi connectivity index (χ1) is 13.8. The van der Waals surface area contributed by atoms with Crippen LogP contribution >= 0.6 is 0 Å². The highest BCUT2D eigenvalue weighted by Gasteiger charge is 2.32. The van der Waals surface area contributed by atoms with Gasteiger partial charge in [0.1, 0.15) is 5.69 Å². The Bertz CT molecular complexity index is 767. The first-order valence-corrected chi connectivity index (χ1v) is 9.88. The van der Waals surface area contributed by atoms with Crippen molar-refractivity contribution in [2.45, 2.75) is 58.5 Å². The molecular formula is C21H28F3N3O2. The van der Waals surface area contributed by atoms with Gasteiger partial charge in [0.2, 0.25) is 11.8 Å². The van der Waals surface area contributed by atoms with Gasteiger partial charge in [-0.1, -0.05) is 26.2 Å². The molecule has 1 aliphatic carbocycles. The number of allylic oxidation sites excluding steroid dienone is 1.